The monoisotopic (exact) mass is 287 g/mol. The molecule has 1 saturated heterocycles. The number of nitrogens with one attached hydrogen (secondary N) is 1. The molecule has 1 aromatic rings. The first kappa shape index (κ1) is 15.2. The quantitative estimate of drug-likeness (QED) is 0.631. The first-order valence-corrected chi connectivity index (χ1v) is 7.07. The number of nitrogens with zero attached hydrogens (tertiary/aromatic N) is 6. The second kappa shape index (κ2) is 7.55. The van der Waals surface area contributed by atoms with Crippen molar-refractivity contribution in [1.82, 2.24) is 14.9 Å². The summed E-state index contributed by atoms with van der Waals surface area (Å²) in [7, 11) is 3.86. The van der Waals surface area contributed by atoms with Crippen molar-refractivity contribution < 1.29 is 0 Å². The summed E-state index contributed by atoms with van der Waals surface area (Å²) in [5.41, 5.74) is 0.891. The van der Waals surface area contributed by atoms with Gasteiger partial charge < -0.3 is 15.1 Å². The molecule has 0 saturated carbocycles. The molecular weight excluding hydrogens is 266 g/mol. The number of likely N-dealkylation sites (N-methyl/N-ethyl adjacent to an activating group) is 1. The first-order chi connectivity index (χ1) is 10.3. The molecule has 21 heavy (non-hydrogen) atoms. The average molecular weight is 287 g/mol. The highest BCUT2D eigenvalue weighted by Gasteiger charge is 2.19. The molecular formula is C14H21N7. The molecule has 0 atom stereocenters. The Balaban J connectivity index is 2.23. The number of hydrogen-bond acceptors (Lipinski definition) is 7. The number of hydrogen-bond donors (Lipinski definition) is 1. The molecule has 0 spiro atoms. The Kier molecular flexibility index (Phi) is 5.46. The van der Waals surface area contributed by atoms with E-state index in [4.69, 9.17) is 5.26 Å². The van der Waals surface area contributed by atoms with Gasteiger partial charge in [-0.1, -0.05) is 0 Å². The van der Waals surface area contributed by atoms with Crippen LogP contribution < -0.4 is 10.2 Å². The van der Waals surface area contributed by atoms with E-state index in [1.54, 1.807) is 19.6 Å². The van der Waals surface area contributed by atoms with Crippen molar-refractivity contribution in [1.29, 1.82) is 5.26 Å². The molecule has 0 aromatic carbocycles. The molecule has 0 aliphatic carbocycles. The summed E-state index contributed by atoms with van der Waals surface area (Å²) in [6.45, 7) is 4.49. The SMILES string of the molecule is CN=Cc1c(NCCC#N)ncnc1N1CCN(C)CC1. The van der Waals surface area contributed by atoms with Gasteiger partial charge in [-0.15, -0.1) is 0 Å². The zero-order valence-corrected chi connectivity index (χ0v) is 12.6. The van der Waals surface area contributed by atoms with E-state index in [-0.39, 0.29) is 0 Å². The number of anilines is 2. The molecule has 1 aromatic heterocycles. The second-order valence-electron chi connectivity index (χ2n) is 4.97. The van der Waals surface area contributed by atoms with Crippen LogP contribution in [0, 0.1) is 11.3 Å². The third-order valence-corrected chi connectivity index (χ3v) is 3.45. The van der Waals surface area contributed by atoms with Crippen molar-refractivity contribution in [3.05, 3.63) is 11.9 Å². The van der Waals surface area contributed by atoms with E-state index in [1.807, 2.05) is 0 Å². The van der Waals surface area contributed by atoms with Gasteiger partial charge in [0.25, 0.3) is 0 Å². The summed E-state index contributed by atoms with van der Waals surface area (Å²) >= 11 is 0. The fourth-order valence-corrected chi connectivity index (χ4v) is 2.28. The second-order valence-corrected chi connectivity index (χ2v) is 4.97. The molecule has 112 valence electrons. The van der Waals surface area contributed by atoms with Gasteiger partial charge in [0.05, 0.1) is 18.1 Å². The maximum atomic E-state index is 8.64. The van der Waals surface area contributed by atoms with Crippen molar-refractivity contribution in [3.8, 4) is 6.07 Å². The molecule has 0 amide bonds. The summed E-state index contributed by atoms with van der Waals surface area (Å²) < 4.78 is 0. The highest BCUT2D eigenvalue weighted by atomic mass is 15.3. The molecule has 1 N–H and O–H groups in total. The largest absolute Gasteiger partial charge is 0.368 e. The van der Waals surface area contributed by atoms with Crippen LogP contribution >= 0.6 is 0 Å². The fourth-order valence-electron chi connectivity index (χ4n) is 2.28. The van der Waals surface area contributed by atoms with Gasteiger partial charge in [-0.05, 0) is 7.05 Å². The minimum atomic E-state index is 0.441. The minimum absolute atomic E-state index is 0.441. The van der Waals surface area contributed by atoms with E-state index in [2.05, 4.69) is 43.2 Å². The number of rotatable bonds is 5. The molecule has 0 radical (unpaired) electrons. The van der Waals surface area contributed by atoms with Crippen molar-refractivity contribution >= 4 is 17.9 Å². The maximum absolute atomic E-state index is 8.64. The zero-order valence-electron chi connectivity index (χ0n) is 12.6. The summed E-state index contributed by atoms with van der Waals surface area (Å²) in [5.74, 6) is 1.64. The molecule has 0 unspecified atom stereocenters. The van der Waals surface area contributed by atoms with Gasteiger partial charge in [0.2, 0.25) is 0 Å². The Morgan fingerprint density at radius 2 is 2.14 bits per heavy atom. The van der Waals surface area contributed by atoms with Crippen LogP contribution in [0.2, 0.25) is 0 Å². The van der Waals surface area contributed by atoms with Crippen LogP contribution in [0.15, 0.2) is 11.3 Å². The van der Waals surface area contributed by atoms with Crippen LogP contribution in [0.4, 0.5) is 11.6 Å². The Morgan fingerprint density at radius 3 is 2.81 bits per heavy atom. The number of piperazine rings is 1. The maximum Gasteiger partial charge on any atom is 0.143 e. The van der Waals surface area contributed by atoms with Gasteiger partial charge in [0.1, 0.15) is 18.0 Å². The third-order valence-electron chi connectivity index (χ3n) is 3.45. The molecule has 0 bridgehead atoms. The Morgan fingerprint density at radius 1 is 1.38 bits per heavy atom. The number of aliphatic imine (C=N–C) groups is 1. The van der Waals surface area contributed by atoms with E-state index < -0.39 is 0 Å². The average Bonchev–Trinajstić information content (AvgIpc) is 2.50. The number of aromatic nitrogens is 2. The van der Waals surface area contributed by atoms with Gasteiger partial charge >= 0.3 is 0 Å². The zero-order chi connectivity index (χ0) is 15.1. The normalized spacial score (nSPS) is 16.1. The van der Waals surface area contributed by atoms with Crippen LogP contribution in [0.3, 0.4) is 0 Å². The smallest absolute Gasteiger partial charge is 0.143 e. The van der Waals surface area contributed by atoms with Crippen LogP contribution in [-0.4, -0.2) is 67.9 Å². The highest BCUT2D eigenvalue weighted by Crippen LogP contribution is 2.22. The lowest BCUT2D eigenvalue weighted by atomic mass is 10.2. The molecule has 1 fully saturated rings. The third kappa shape index (κ3) is 3.89. The van der Waals surface area contributed by atoms with E-state index in [0.717, 1.165) is 43.4 Å². The van der Waals surface area contributed by atoms with Crippen molar-refractivity contribution in [2.75, 3.05) is 57.0 Å². The summed E-state index contributed by atoms with van der Waals surface area (Å²) in [4.78, 5) is 17.4. The Hall–Kier alpha value is -2.20. The molecule has 2 heterocycles. The molecule has 7 heteroatoms. The Labute approximate surface area is 125 Å². The predicted octanol–water partition coefficient (Wildman–Crippen LogP) is 0.603. The Bertz CT molecular complexity index is 527. The molecule has 1 aliphatic rings. The summed E-state index contributed by atoms with van der Waals surface area (Å²) in [5, 5.41) is 11.8. The van der Waals surface area contributed by atoms with E-state index in [0.29, 0.717) is 13.0 Å². The minimum Gasteiger partial charge on any atom is -0.368 e. The van der Waals surface area contributed by atoms with Crippen LogP contribution in [0.25, 0.3) is 0 Å². The topological polar surface area (TPSA) is 80.4 Å². The van der Waals surface area contributed by atoms with Gasteiger partial charge in [-0.3, -0.25) is 4.99 Å². The number of nitriles is 1. The summed E-state index contributed by atoms with van der Waals surface area (Å²) in [6, 6.07) is 2.12. The van der Waals surface area contributed by atoms with Crippen LogP contribution in [0.1, 0.15) is 12.0 Å². The predicted molar refractivity (Wildman–Crippen MR) is 84.0 cm³/mol. The lowest BCUT2D eigenvalue weighted by Crippen LogP contribution is -2.45. The fraction of sp³-hybridized carbons (Fsp3) is 0.571. The van der Waals surface area contributed by atoms with Crippen LogP contribution in [-0.2, 0) is 0 Å². The van der Waals surface area contributed by atoms with Gasteiger partial charge in [0.15, 0.2) is 0 Å². The van der Waals surface area contributed by atoms with Crippen molar-refractivity contribution in [2.45, 2.75) is 6.42 Å². The van der Waals surface area contributed by atoms with E-state index in [1.165, 1.54) is 0 Å². The molecule has 2 rings (SSSR count). The van der Waals surface area contributed by atoms with E-state index in [9.17, 15) is 0 Å². The highest BCUT2D eigenvalue weighted by molar-refractivity contribution is 5.92. The lowest BCUT2D eigenvalue weighted by molar-refractivity contribution is 0.312. The first-order valence-electron chi connectivity index (χ1n) is 7.07. The molecule has 1 aliphatic heterocycles. The van der Waals surface area contributed by atoms with Gasteiger partial charge in [0, 0.05) is 46.0 Å². The standard InChI is InChI=1S/C14H21N7/c1-16-10-12-13(17-5-3-4-15)18-11-19-14(12)21-8-6-20(2)7-9-21/h10-11H,3,5-9H2,1-2H3,(H,17,18,19). The van der Waals surface area contributed by atoms with Gasteiger partial charge in [-0.25, -0.2) is 9.97 Å². The van der Waals surface area contributed by atoms with Gasteiger partial charge in [-0.2, -0.15) is 5.26 Å². The molecule has 7 nitrogen and oxygen atoms in total. The van der Waals surface area contributed by atoms with Crippen molar-refractivity contribution in [2.24, 2.45) is 4.99 Å². The van der Waals surface area contributed by atoms with E-state index >= 15 is 0 Å². The lowest BCUT2D eigenvalue weighted by Gasteiger charge is -2.34. The van der Waals surface area contributed by atoms with Crippen molar-refractivity contribution in [3.63, 3.8) is 0 Å². The van der Waals surface area contributed by atoms with Crippen LogP contribution in [0.5, 0.6) is 0 Å². The summed E-state index contributed by atoms with van der Waals surface area (Å²) in [6.07, 6.45) is 3.79.